The van der Waals surface area contributed by atoms with Gasteiger partial charge in [0.2, 0.25) is 0 Å². The molecule has 3 aromatic rings. The van der Waals surface area contributed by atoms with Crippen molar-refractivity contribution in [2.24, 2.45) is 0 Å². The second-order valence-corrected chi connectivity index (χ2v) is 7.60. The van der Waals surface area contributed by atoms with Crippen LogP contribution in [0.2, 0.25) is 0 Å². The molecule has 1 saturated carbocycles. The van der Waals surface area contributed by atoms with Gasteiger partial charge in [0.05, 0.1) is 17.6 Å². The van der Waals surface area contributed by atoms with Crippen LogP contribution in [-0.4, -0.2) is 19.5 Å². The van der Waals surface area contributed by atoms with E-state index in [1.807, 2.05) is 0 Å². The predicted octanol–water partition coefficient (Wildman–Crippen LogP) is 5.53. The molecule has 0 atom stereocenters. The molecule has 0 aromatic carbocycles. The normalized spacial score (nSPS) is 15.0. The van der Waals surface area contributed by atoms with E-state index in [0.29, 0.717) is 6.04 Å². The molecule has 1 aliphatic carbocycles. The van der Waals surface area contributed by atoms with E-state index in [4.69, 9.17) is 4.98 Å². The summed E-state index contributed by atoms with van der Waals surface area (Å²) in [5.74, 6) is 0. The fraction of sp³-hybridized carbons (Fsp3) is 0.350. The molecule has 0 bridgehead atoms. The Balaban J connectivity index is 1.81. The summed E-state index contributed by atoms with van der Waals surface area (Å²) >= 11 is 1.62. The number of aromatic nitrogens is 4. The van der Waals surface area contributed by atoms with Gasteiger partial charge < -0.3 is 4.57 Å². The van der Waals surface area contributed by atoms with Gasteiger partial charge in [0.1, 0.15) is 10.7 Å². The van der Waals surface area contributed by atoms with E-state index in [-0.39, 0.29) is 0 Å². The van der Waals surface area contributed by atoms with Gasteiger partial charge in [-0.2, -0.15) is 0 Å². The molecule has 25 heavy (non-hydrogen) atoms. The summed E-state index contributed by atoms with van der Waals surface area (Å²) in [6.45, 7) is 8.45. The predicted molar refractivity (Wildman–Crippen MR) is 104 cm³/mol. The fourth-order valence-corrected chi connectivity index (χ4v) is 4.58. The summed E-state index contributed by atoms with van der Waals surface area (Å²) in [6.07, 6.45) is 10.3. The van der Waals surface area contributed by atoms with E-state index in [9.17, 15) is 0 Å². The highest BCUT2D eigenvalue weighted by atomic mass is 32.1. The van der Waals surface area contributed by atoms with E-state index in [0.717, 1.165) is 22.0 Å². The van der Waals surface area contributed by atoms with Gasteiger partial charge in [0, 0.05) is 29.5 Å². The summed E-state index contributed by atoms with van der Waals surface area (Å²) in [4.78, 5) is 13.4. The maximum atomic E-state index is 4.86. The average Bonchev–Trinajstić information content (AvgIpc) is 3.34. The van der Waals surface area contributed by atoms with Crippen molar-refractivity contribution >= 4 is 16.9 Å². The van der Waals surface area contributed by atoms with E-state index in [1.54, 1.807) is 29.9 Å². The molecule has 0 N–H and O–H groups in total. The van der Waals surface area contributed by atoms with Crippen LogP contribution in [-0.2, 0) is 0 Å². The number of hydrogen-bond acceptors (Lipinski definition) is 4. The number of rotatable bonds is 4. The Morgan fingerprint density at radius 3 is 2.72 bits per heavy atom. The Morgan fingerprint density at radius 1 is 1.24 bits per heavy atom. The molecule has 0 unspecified atom stereocenters. The minimum Gasteiger partial charge on any atom is -0.340 e. The Labute approximate surface area is 152 Å². The van der Waals surface area contributed by atoms with Crippen LogP contribution in [0.15, 0.2) is 36.6 Å². The third-order valence-electron chi connectivity index (χ3n) is 4.99. The fourth-order valence-electron chi connectivity index (χ4n) is 3.80. The Morgan fingerprint density at radius 2 is 2.04 bits per heavy atom. The lowest BCUT2D eigenvalue weighted by Gasteiger charge is -2.18. The first-order chi connectivity index (χ1) is 12.1. The zero-order valence-corrected chi connectivity index (χ0v) is 15.5. The second-order valence-electron chi connectivity index (χ2n) is 6.75. The molecule has 0 spiro atoms. The molecule has 4 nitrogen and oxygen atoms in total. The maximum Gasteiger partial charge on any atom is 0.144 e. The quantitative estimate of drug-likeness (QED) is 0.622. The average molecular weight is 350 g/mol. The molecule has 128 valence electrons. The second kappa shape index (κ2) is 6.56. The van der Waals surface area contributed by atoms with Gasteiger partial charge in [-0.05, 0) is 43.9 Å². The SMILES string of the molecule is C=C(C)c1cc(-c2csc(-c3cnccn3)n2)n(C2CCCC2)c1C. The highest BCUT2D eigenvalue weighted by molar-refractivity contribution is 7.13. The van der Waals surface area contributed by atoms with Crippen LogP contribution >= 0.6 is 11.3 Å². The number of hydrogen-bond donors (Lipinski definition) is 0. The third kappa shape index (κ3) is 2.93. The molecule has 5 heteroatoms. The molecule has 3 heterocycles. The number of allylic oxidation sites excluding steroid dienone is 1. The minimum absolute atomic E-state index is 0.574. The van der Waals surface area contributed by atoms with Crippen molar-refractivity contribution in [2.75, 3.05) is 0 Å². The van der Waals surface area contributed by atoms with E-state index in [2.05, 4.69) is 46.4 Å². The molecule has 0 aliphatic heterocycles. The van der Waals surface area contributed by atoms with E-state index < -0.39 is 0 Å². The zero-order valence-electron chi connectivity index (χ0n) is 14.7. The number of nitrogens with zero attached hydrogens (tertiary/aromatic N) is 4. The van der Waals surface area contributed by atoms with Crippen LogP contribution < -0.4 is 0 Å². The first-order valence-corrected chi connectivity index (χ1v) is 9.63. The first kappa shape index (κ1) is 16.2. The maximum absolute atomic E-state index is 4.86. The summed E-state index contributed by atoms with van der Waals surface area (Å²) in [6, 6.07) is 2.83. The lowest BCUT2D eigenvalue weighted by Crippen LogP contribution is -2.08. The van der Waals surface area contributed by atoms with Crippen LogP contribution in [0.1, 0.15) is 49.9 Å². The van der Waals surface area contributed by atoms with Gasteiger partial charge in [-0.25, -0.2) is 4.98 Å². The summed E-state index contributed by atoms with van der Waals surface area (Å²) in [7, 11) is 0. The van der Waals surface area contributed by atoms with E-state index >= 15 is 0 Å². The van der Waals surface area contributed by atoms with Crippen molar-refractivity contribution in [1.29, 1.82) is 0 Å². The van der Waals surface area contributed by atoms with Crippen molar-refractivity contribution in [3.8, 4) is 22.1 Å². The van der Waals surface area contributed by atoms with Gasteiger partial charge in [-0.15, -0.1) is 11.3 Å². The molecule has 0 radical (unpaired) electrons. The lowest BCUT2D eigenvalue weighted by molar-refractivity contribution is 0.514. The monoisotopic (exact) mass is 350 g/mol. The molecule has 4 rings (SSSR count). The van der Waals surface area contributed by atoms with Crippen LogP contribution in [0.3, 0.4) is 0 Å². The van der Waals surface area contributed by atoms with Gasteiger partial charge in [0.25, 0.3) is 0 Å². The van der Waals surface area contributed by atoms with Crippen molar-refractivity contribution in [3.05, 3.63) is 47.9 Å². The molecular weight excluding hydrogens is 328 g/mol. The molecule has 3 aromatic heterocycles. The van der Waals surface area contributed by atoms with Gasteiger partial charge >= 0.3 is 0 Å². The standard InChI is InChI=1S/C20H22N4S/c1-13(2)16-10-19(24(14(16)3)15-6-4-5-7-15)18-12-25-20(23-18)17-11-21-8-9-22-17/h8-12,15H,1,4-7H2,2-3H3. The highest BCUT2D eigenvalue weighted by Crippen LogP contribution is 2.39. The minimum atomic E-state index is 0.574. The molecular formula is C20H22N4S. The smallest absolute Gasteiger partial charge is 0.144 e. The largest absolute Gasteiger partial charge is 0.340 e. The first-order valence-electron chi connectivity index (χ1n) is 8.75. The summed E-state index contributed by atoms with van der Waals surface area (Å²) in [5, 5.41) is 3.05. The number of thiazole rings is 1. The van der Waals surface area contributed by atoms with Crippen LogP contribution in [0.25, 0.3) is 27.7 Å². The summed E-state index contributed by atoms with van der Waals surface area (Å²) in [5.41, 5.74) is 6.72. The Kier molecular flexibility index (Phi) is 4.25. The van der Waals surface area contributed by atoms with Crippen molar-refractivity contribution in [3.63, 3.8) is 0 Å². The van der Waals surface area contributed by atoms with Crippen molar-refractivity contribution in [1.82, 2.24) is 19.5 Å². The van der Waals surface area contributed by atoms with Gasteiger partial charge in [0.15, 0.2) is 0 Å². The zero-order chi connectivity index (χ0) is 17.4. The molecule has 1 aliphatic rings. The summed E-state index contributed by atoms with van der Waals surface area (Å²) < 4.78 is 2.49. The highest BCUT2D eigenvalue weighted by Gasteiger charge is 2.24. The topological polar surface area (TPSA) is 43.6 Å². The van der Waals surface area contributed by atoms with Crippen LogP contribution in [0, 0.1) is 6.92 Å². The Bertz CT molecular complexity index is 901. The molecule has 0 saturated heterocycles. The molecule has 1 fully saturated rings. The van der Waals surface area contributed by atoms with Crippen LogP contribution in [0.5, 0.6) is 0 Å². The Hall–Kier alpha value is -2.27. The van der Waals surface area contributed by atoms with Crippen molar-refractivity contribution < 1.29 is 0 Å². The van der Waals surface area contributed by atoms with Gasteiger partial charge in [-0.1, -0.05) is 19.4 Å². The van der Waals surface area contributed by atoms with Crippen molar-refractivity contribution in [2.45, 2.75) is 45.6 Å². The molecule has 0 amide bonds. The van der Waals surface area contributed by atoms with E-state index in [1.165, 1.54) is 42.6 Å². The van der Waals surface area contributed by atoms with Crippen LogP contribution in [0.4, 0.5) is 0 Å². The lowest BCUT2D eigenvalue weighted by atomic mass is 10.1. The van der Waals surface area contributed by atoms with Gasteiger partial charge in [-0.3, -0.25) is 9.97 Å². The third-order valence-corrected chi connectivity index (χ3v) is 5.86.